The van der Waals surface area contributed by atoms with Crippen molar-refractivity contribution in [3.63, 3.8) is 0 Å². The summed E-state index contributed by atoms with van der Waals surface area (Å²) in [6.45, 7) is 4.35. The first-order chi connectivity index (χ1) is 18.4. The highest BCUT2D eigenvalue weighted by Crippen LogP contribution is 2.36. The van der Waals surface area contributed by atoms with Crippen LogP contribution in [-0.4, -0.2) is 86.4 Å². The Kier molecular flexibility index (Phi) is 9.03. The summed E-state index contributed by atoms with van der Waals surface area (Å²) < 4.78 is 21.3. The molecule has 2 aliphatic heterocycles. The Bertz CT molecular complexity index is 1270. The lowest BCUT2D eigenvalue weighted by atomic mass is 10.2. The molecule has 2 heterocycles. The fourth-order valence-electron chi connectivity index (χ4n) is 3.89. The molecule has 2 fully saturated rings. The van der Waals surface area contributed by atoms with Crippen molar-refractivity contribution in [1.82, 2.24) is 9.80 Å². The van der Waals surface area contributed by atoms with Gasteiger partial charge in [-0.1, -0.05) is 12.1 Å². The molecule has 0 aromatic heterocycles. The summed E-state index contributed by atoms with van der Waals surface area (Å²) in [6.07, 6.45) is 1.76. The van der Waals surface area contributed by atoms with Gasteiger partial charge in [0.25, 0.3) is 11.8 Å². The number of amidine groups is 1. The number of carbonyl (C=O) groups is 3. The van der Waals surface area contributed by atoms with Gasteiger partial charge in [-0.15, -0.1) is 0 Å². The lowest BCUT2D eigenvalue weighted by molar-refractivity contribution is -0.137. The van der Waals surface area contributed by atoms with Gasteiger partial charge in [-0.3, -0.25) is 14.5 Å². The maximum atomic E-state index is 13.1. The maximum Gasteiger partial charge on any atom is 0.337 e. The summed E-state index contributed by atoms with van der Waals surface area (Å²) in [5, 5.41) is 0.513. The molecular formula is C27H29N3O7S. The van der Waals surface area contributed by atoms with Crippen LogP contribution in [0.5, 0.6) is 11.5 Å². The molecule has 0 unspecified atom stereocenters. The molecular weight excluding hydrogens is 510 g/mol. The number of nitrogens with zero attached hydrogens (tertiary/aromatic N) is 3. The Balaban J connectivity index is 1.50. The van der Waals surface area contributed by atoms with Gasteiger partial charge in [-0.2, -0.15) is 0 Å². The quantitative estimate of drug-likeness (QED) is 0.371. The Labute approximate surface area is 225 Å². The van der Waals surface area contributed by atoms with Crippen LogP contribution in [0.25, 0.3) is 6.08 Å². The number of amides is 2. The molecule has 200 valence electrons. The van der Waals surface area contributed by atoms with Gasteiger partial charge in [-0.25, -0.2) is 9.79 Å². The number of hydrogen-bond acceptors (Lipinski definition) is 9. The fourth-order valence-corrected chi connectivity index (χ4v) is 4.95. The van der Waals surface area contributed by atoms with E-state index in [1.165, 1.54) is 26.0 Å². The van der Waals surface area contributed by atoms with E-state index in [1.54, 1.807) is 58.3 Å². The zero-order chi connectivity index (χ0) is 27.1. The number of esters is 1. The summed E-state index contributed by atoms with van der Waals surface area (Å²) in [4.78, 5) is 45.7. The molecule has 2 aromatic rings. The second-order valence-electron chi connectivity index (χ2n) is 8.29. The summed E-state index contributed by atoms with van der Waals surface area (Å²) in [5.74, 6) is 0.144. The molecule has 4 rings (SSSR count). The third-order valence-corrected chi connectivity index (χ3v) is 6.90. The topological polar surface area (TPSA) is 107 Å². The van der Waals surface area contributed by atoms with Crippen molar-refractivity contribution in [3.05, 3.63) is 58.5 Å². The first-order valence-electron chi connectivity index (χ1n) is 12.1. The lowest BCUT2D eigenvalue weighted by Gasteiger charge is -2.26. The maximum absolute atomic E-state index is 13.1. The van der Waals surface area contributed by atoms with E-state index < -0.39 is 5.97 Å². The van der Waals surface area contributed by atoms with Crippen LogP contribution < -0.4 is 9.47 Å². The van der Waals surface area contributed by atoms with Crippen LogP contribution in [0.2, 0.25) is 0 Å². The molecule has 2 amide bonds. The lowest BCUT2D eigenvalue weighted by Crippen LogP contribution is -2.43. The van der Waals surface area contributed by atoms with Gasteiger partial charge in [-0.05, 0) is 60.7 Å². The second kappa shape index (κ2) is 12.6. The molecule has 0 radical (unpaired) electrons. The van der Waals surface area contributed by atoms with E-state index in [-0.39, 0.29) is 18.4 Å². The Morgan fingerprint density at radius 2 is 1.89 bits per heavy atom. The summed E-state index contributed by atoms with van der Waals surface area (Å²) in [6, 6.07) is 12.0. The molecule has 10 nitrogen and oxygen atoms in total. The van der Waals surface area contributed by atoms with Crippen LogP contribution in [0.4, 0.5) is 5.69 Å². The molecule has 0 saturated carbocycles. The highest BCUT2D eigenvalue weighted by Gasteiger charge is 2.32. The average Bonchev–Trinajstić information content (AvgIpc) is 3.24. The fraction of sp³-hybridized carbons (Fsp3) is 0.333. The highest BCUT2D eigenvalue weighted by molar-refractivity contribution is 8.18. The van der Waals surface area contributed by atoms with Crippen LogP contribution in [0.1, 0.15) is 22.8 Å². The van der Waals surface area contributed by atoms with Crippen molar-refractivity contribution in [3.8, 4) is 11.5 Å². The van der Waals surface area contributed by atoms with Gasteiger partial charge >= 0.3 is 5.97 Å². The van der Waals surface area contributed by atoms with Gasteiger partial charge < -0.3 is 23.8 Å². The first kappa shape index (κ1) is 27.2. The molecule has 0 N–H and O–H groups in total. The van der Waals surface area contributed by atoms with Crippen molar-refractivity contribution in [2.75, 3.05) is 53.7 Å². The van der Waals surface area contributed by atoms with Crippen molar-refractivity contribution >= 4 is 46.5 Å². The second-order valence-corrected chi connectivity index (χ2v) is 9.30. The number of aliphatic imine (C=N–C) groups is 1. The van der Waals surface area contributed by atoms with Gasteiger partial charge in [0.1, 0.15) is 0 Å². The number of carbonyl (C=O) groups excluding carboxylic acids is 3. The molecule has 0 spiro atoms. The smallest absolute Gasteiger partial charge is 0.337 e. The zero-order valence-electron chi connectivity index (χ0n) is 21.5. The number of rotatable bonds is 8. The Hall–Kier alpha value is -3.83. The largest absolute Gasteiger partial charge is 0.493 e. The van der Waals surface area contributed by atoms with Gasteiger partial charge in [0.2, 0.25) is 0 Å². The van der Waals surface area contributed by atoms with Gasteiger partial charge in [0.15, 0.2) is 23.3 Å². The molecule has 2 saturated heterocycles. The summed E-state index contributed by atoms with van der Waals surface area (Å²) in [7, 11) is 2.84. The van der Waals surface area contributed by atoms with Gasteiger partial charge in [0, 0.05) is 19.6 Å². The van der Waals surface area contributed by atoms with Crippen LogP contribution in [0.3, 0.4) is 0 Å². The summed E-state index contributed by atoms with van der Waals surface area (Å²) >= 11 is 1.25. The number of morpholine rings is 1. The van der Waals surface area contributed by atoms with E-state index in [0.29, 0.717) is 65.7 Å². The van der Waals surface area contributed by atoms with Crippen LogP contribution in [-0.2, 0) is 19.1 Å². The number of likely N-dealkylation sites (N-methyl/N-ethyl adjacent to an activating group) is 1. The molecule has 0 atom stereocenters. The minimum absolute atomic E-state index is 0.104. The van der Waals surface area contributed by atoms with Crippen LogP contribution >= 0.6 is 11.8 Å². The number of ether oxygens (including phenoxy) is 4. The number of methoxy groups -OCH3 is 2. The van der Waals surface area contributed by atoms with Crippen LogP contribution in [0, 0.1) is 0 Å². The zero-order valence-corrected chi connectivity index (χ0v) is 22.3. The van der Waals surface area contributed by atoms with E-state index in [2.05, 4.69) is 4.99 Å². The van der Waals surface area contributed by atoms with E-state index >= 15 is 0 Å². The molecule has 2 aromatic carbocycles. The molecule has 38 heavy (non-hydrogen) atoms. The molecule has 0 aliphatic carbocycles. The van der Waals surface area contributed by atoms with Crippen molar-refractivity contribution in [2.45, 2.75) is 6.92 Å². The molecule has 2 aliphatic rings. The average molecular weight is 540 g/mol. The van der Waals surface area contributed by atoms with E-state index in [1.807, 2.05) is 6.92 Å². The standard InChI is InChI=1S/C27H29N3O7S/c1-4-30-25(32)23(38-27(30)28-20-7-5-6-19(16-20)26(33)35-3)15-18-8-9-21(22(14-18)34-2)37-17-24(31)29-10-12-36-13-11-29/h5-9,14-16H,4,10-13,17H2,1-3H3. The number of benzene rings is 2. The first-order valence-corrected chi connectivity index (χ1v) is 12.9. The van der Waals surface area contributed by atoms with Crippen molar-refractivity contribution in [2.24, 2.45) is 4.99 Å². The van der Waals surface area contributed by atoms with Crippen LogP contribution in [0.15, 0.2) is 52.4 Å². The summed E-state index contributed by atoms with van der Waals surface area (Å²) in [5.41, 5.74) is 1.65. The van der Waals surface area contributed by atoms with E-state index in [4.69, 9.17) is 18.9 Å². The normalized spacial score (nSPS) is 17.7. The third kappa shape index (κ3) is 6.35. The van der Waals surface area contributed by atoms with E-state index in [9.17, 15) is 14.4 Å². The minimum Gasteiger partial charge on any atom is -0.493 e. The number of hydrogen-bond donors (Lipinski definition) is 0. The van der Waals surface area contributed by atoms with E-state index in [0.717, 1.165) is 5.56 Å². The monoisotopic (exact) mass is 539 g/mol. The predicted octanol–water partition coefficient (Wildman–Crippen LogP) is 3.34. The van der Waals surface area contributed by atoms with Crippen molar-refractivity contribution in [1.29, 1.82) is 0 Å². The Morgan fingerprint density at radius 3 is 2.61 bits per heavy atom. The van der Waals surface area contributed by atoms with Crippen molar-refractivity contribution < 1.29 is 33.3 Å². The highest BCUT2D eigenvalue weighted by atomic mass is 32.2. The molecule has 0 bridgehead atoms. The van der Waals surface area contributed by atoms with Gasteiger partial charge in [0.05, 0.1) is 43.6 Å². The molecule has 11 heteroatoms. The third-order valence-electron chi connectivity index (χ3n) is 5.90. The Morgan fingerprint density at radius 1 is 1.11 bits per heavy atom. The predicted molar refractivity (Wildman–Crippen MR) is 144 cm³/mol. The minimum atomic E-state index is -0.457. The number of thioether (sulfide) groups is 1. The SMILES string of the molecule is CCN1C(=O)C(=Cc2ccc(OCC(=O)N3CCOCC3)c(OC)c2)SC1=Nc1cccc(C(=O)OC)c1.